The molecular formula is C18H16ClNO3. The molecule has 1 atom stereocenters. The number of methoxy groups -OCH3 is 2. The summed E-state index contributed by atoms with van der Waals surface area (Å²) in [6, 6.07) is 14.0. The third kappa shape index (κ3) is 4.02. The summed E-state index contributed by atoms with van der Waals surface area (Å²) in [5, 5.41) is 9.98. The molecule has 0 radical (unpaired) electrons. The second-order valence-corrected chi connectivity index (χ2v) is 5.37. The van der Waals surface area contributed by atoms with Gasteiger partial charge >= 0.3 is 0 Å². The molecule has 0 saturated heterocycles. The van der Waals surface area contributed by atoms with Crippen LogP contribution in [0.2, 0.25) is 5.02 Å². The lowest BCUT2D eigenvalue weighted by Gasteiger charge is -2.13. The van der Waals surface area contributed by atoms with Crippen molar-refractivity contribution in [3.63, 3.8) is 0 Å². The van der Waals surface area contributed by atoms with Gasteiger partial charge in [0.1, 0.15) is 0 Å². The highest BCUT2D eigenvalue weighted by Crippen LogP contribution is 2.32. The first kappa shape index (κ1) is 16.9. The number of Topliss-reactive ketones (excluding diaryl/α,β-unsaturated/α-hetero) is 1. The van der Waals surface area contributed by atoms with Crippen LogP contribution in [-0.4, -0.2) is 20.0 Å². The van der Waals surface area contributed by atoms with E-state index in [1.165, 1.54) is 7.11 Å². The molecular weight excluding hydrogens is 314 g/mol. The van der Waals surface area contributed by atoms with Crippen LogP contribution in [0, 0.1) is 11.3 Å². The van der Waals surface area contributed by atoms with Crippen LogP contribution in [0.1, 0.15) is 28.3 Å². The summed E-state index contributed by atoms with van der Waals surface area (Å²) in [5.41, 5.74) is 1.25. The van der Waals surface area contributed by atoms with E-state index in [1.54, 1.807) is 49.6 Å². The van der Waals surface area contributed by atoms with Gasteiger partial charge in [0.25, 0.3) is 0 Å². The fraction of sp³-hybridized carbons (Fsp3) is 0.222. The Morgan fingerprint density at radius 2 is 1.78 bits per heavy atom. The molecule has 0 amide bonds. The number of ether oxygens (including phenoxy) is 2. The third-order valence-corrected chi connectivity index (χ3v) is 3.77. The van der Waals surface area contributed by atoms with Gasteiger partial charge in [0.2, 0.25) is 0 Å². The number of benzene rings is 2. The van der Waals surface area contributed by atoms with Crippen LogP contribution >= 0.6 is 11.6 Å². The minimum Gasteiger partial charge on any atom is -0.493 e. The van der Waals surface area contributed by atoms with E-state index in [0.29, 0.717) is 27.6 Å². The van der Waals surface area contributed by atoms with Crippen molar-refractivity contribution < 1.29 is 14.3 Å². The van der Waals surface area contributed by atoms with Gasteiger partial charge in [-0.1, -0.05) is 17.7 Å². The van der Waals surface area contributed by atoms with Crippen LogP contribution in [-0.2, 0) is 0 Å². The molecule has 0 aliphatic carbocycles. The Morgan fingerprint density at radius 1 is 1.13 bits per heavy atom. The predicted molar refractivity (Wildman–Crippen MR) is 88.3 cm³/mol. The van der Waals surface area contributed by atoms with Gasteiger partial charge in [0, 0.05) is 17.0 Å². The summed E-state index contributed by atoms with van der Waals surface area (Å²) in [7, 11) is 3.07. The van der Waals surface area contributed by atoms with Crippen LogP contribution in [0.25, 0.3) is 0 Å². The SMILES string of the molecule is COc1ccc(C(C#N)CC(=O)c2ccc(Cl)cc2)cc1OC. The summed E-state index contributed by atoms with van der Waals surface area (Å²) in [6.45, 7) is 0. The molecule has 0 aliphatic rings. The van der Waals surface area contributed by atoms with Crippen molar-refractivity contribution in [3.8, 4) is 17.6 Å². The molecule has 0 heterocycles. The average Bonchev–Trinajstić information content (AvgIpc) is 2.59. The molecule has 0 N–H and O–H groups in total. The number of halogens is 1. The van der Waals surface area contributed by atoms with Crippen molar-refractivity contribution in [2.75, 3.05) is 14.2 Å². The van der Waals surface area contributed by atoms with Gasteiger partial charge in [-0.25, -0.2) is 0 Å². The maximum absolute atomic E-state index is 12.3. The number of carbonyl (C=O) groups is 1. The van der Waals surface area contributed by atoms with E-state index in [9.17, 15) is 10.1 Å². The van der Waals surface area contributed by atoms with Gasteiger partial charge < -0.3 is 9.47 Å². The van der Waals surface area contributed by atoms with Crippen molar-refractivity contribution in [2.45, 2.75) is 12.3 Å². The van der Waals surface area contributed by atoms with Crippen LogP contribution < -0.4 is 9.47 Å². The molecule has 0 fully saturated rings. The normalized spacial score (nSPS) is 11.4. The van der Waals surface area contributed by atoms with Crippen LogP contribution in [0.5, 0.6) is 11.5 Å². The Morgan fingerprint density at radius 3 is 2.35 bits per heavy atom. The molecule has 2 aromatic rings. The topological polar surface area (TPSA) is 59.3 Å². The van der Waals surface area contributed by atoms with Gasteiger partial charge in [-0.15, -0.1) is 0 Å². The van der Waals surface area contributed by atoms with E-state index in [2.05, 4.69) is 6.07 Å². The third-order valence-electron chi connectivity index (χ3n) is 3.52. The molecule has 0 bridgehead atoms. The van der Waals surface area contributed by atoms with Crippen molar-refractivity contribution >= 4 is 17.4 Å². The number of ketones is 1. The minimum atomic E-state index is -0.557. The van der Waals surface area contributed by atoms with Gasteiger partial charge in [0.05, 0.1) is 26.2 Å². The molecule has 0 aliphatic heterocycles. The van der Waals surface area contributed by atoms with E-state index in [4.69, 9.17) is 21.1 Å². The molecule has 5 heteroatoms. The Kier molecular flexibility index (Phi) is 5.61. The summed E-state index contributed by atoms with van der Waals surface area (Å²) in [4.78, 5) is 12.3. The fourth-order valence-corrected chi connectivity index (χ4v) is 2.37. The highest BCUT2D eigenvalue weighted by Gasteiger charge is 2.18. The molecule has 0 aromatic heterocycles. The van der Waals surface area contributed by atoms with Crippen molar-refractivity contribution in [1.82, 2.24) is 0 Å². The number of hydrogen-bond donors (Lipinski definition) is 0. The lowest BCUT2D eigenvalue weighted by atomic mass is 9.92. The number of carbonyl (C=O) groups excluding carboxylic acids is 1. The largest absolute Gasteiger partial charge is 0.493 e. The van der Waals surface area contributed by atoms with Crippen molar-refractivity contribution in [3.05, 3.63) is 58.6 Å². The molecule has 0 spiro atoms. The predicted octanol–water partition coefficient (Wildman–Crippen LogP) is 4.24. The molecule has 23 heavy (non-hydrogen) atoms. The minimum absolute atomic E-state index is 0.0909. The first-order valence-corrected chi connectivity index (χ1v) is 7.37. The Hall–Kier alpha value is -2.51. The zero-order chi connectivity index (χ0) is 16.8. The first-order valence-electron chi connectivity index (χ1n) is 6.99. The van der Waals surface area contributed by atoms with E-state index in [-0.39, 0.29) is 12.2 Å². The monoisotopic (exact) mass is 329 g/mol. The second kappa shape index (κ2) is 7.66. The van der Waals surface area contributed by atoms with E-state index in [0.717, 1.165) is 0 Å². The summed E-state index contributed by atoms with van der Waals surface area (Å²) in [6.07, 6.45) is 0.0909. The Labute approximate surface area is 140 Å². The molecule has 118 valence electrons. The molecule has 1 unspecified atom stereocenters. The molecule has 2 aromatic carbocycles. The maximum atomic E-state index is 12.3. The fourth-order valence-electron chi connectivity index (χ4n) is 2.25. The Bertz CT molecular complexity index is 735. The highest BCUT2D eigenvalue weighted by molar-refractivity contribution is 6.30. The van der Waals surface area contributed by atoms with Gasteiger partial charge in [-0.3, -0.25) is 4.79 Å². The summed E-state index contributed by atoms with van der Waals surface area (Å²) < 4.78 is 10.4. The van der Waals surface area contributed by atoms with Gasteiger partial charge in [-0.2, -0.15) is 5.26 Å². The van der Waals surface area contributed by atoms with Crippen molar-refractivity contribution in [2.24, 2.45) is 0 Å². The van der Waals surface area contributed by atoms with E-state index >= 15 is 0 Å². The summed E-state index contributed by atoms with van der Waals surface area (Å²) >= 11 is 5.82. The number of hydrogen-bond acceptors (Lipinski definition) is 4. The zero-order valence-electron chi connectivity index (χ0n) is 12.9. The van der Waals surface area contributed by atoms with Crippen LogP contribution in [0.15, 0.2) is 42.5 Å². The second-order valence-electron chi connectivity index (χ2n) is 4.93. The van der Waals surface area contributed by atoms with Crippen LogP contribution in [0.3, 0.4) is 0 Å². The summed E-state index contributed by atoms with van der Waals surface area (Å²) in [5.74, 6) is 0.446. The Balaban J connectivity index is 2.21. The number of nitrogens with zero attached hydrogens (tertiary/aromatic N) is 1. The van der Waals surface area contributed by atoms with E-state index in [1.807, 2.05) is 0 Å². The maximum Gasteiger partial charge on any atom is 0.164 e. The van der Waals surface area contributed by atoms with Gasteiger partial charge in [0.15, 0.2) is 17.3 Å². The standard InChI is InChI=1S/C18H16ClNO3/c1-22-17-8-5-13(10-18(17)23-2)14(11-20)9-16(21)12-3-6-15(19)7-4-12/h3-8,10,14H,9H2,1-2H3. The molecule has 4 nitrogen and oxygen atoms in total. The smallest absolute Gasteiger partial charge is 0.164 e. The van der Waals surface area contributed by atoms with Crippen LogP contribution in [0.4, 0.5) is 0 Å². The number of nitriles is 1. The quantitative estimate of drug-likeness (QED) is 0.744. The lowest BCUT2D eigenvalue weighted by Crippen LogP contribution is -2.06. The molecule has 2 rings (SSSR count). The van der Waals surface area contributed by atoms with Crippen molar-refractivity contribution in [1.29, 1.82) is 5.26 Å². The first-order chi connectivity index (χ1) is 11.1. The van der Waals surface area contributed by atoms with Gasteiger partial charge in [-0.05, 0) is 42.0 Å². The van der Waals surface area contributed by atoms with E-state index < -0.39 is 5.92 Å². The molecule has 0 saturated carbocycles. The highest BCUT2D eigenvalue weighted by atomic mass is 35.5. The average molecular weight is 330 g/mol. The lowest BCUT2D eigenvalue weighted by molar-refractivity contribution is 0.0979. The number of rotatable bonds is 6. The zero-order valence-corrected chi connectivity index (χ0v) is 13.6.